The summed E-state index contributed by atoms with van der Waals surface area (Å²) in [6, 6.07) is 10.1. The van der Waals surface area contributed by atoms with Crippen LogP contribution in [0.5, 0.6) is 0 Å². The Morgan fingerprint density at radius 3 is 2.69 bits per heavy atom. The Morgan fingerprint density at radius 1 is 1.24 bits per heavy atom. The molecule has 1 aromatic carbocycles. The number of carbonyl (C=O) groups is 1. The summed E-state index contributed by atoms with van der Waals surface area (Å²) in [5.74, 6) is 1.55. The molecule has 3 aromatic rings. The Morgan fingerprint density at radius 2 is 2.00 bits per heavy atom. The lowest BCUT2D eigenvalue weighted by Gasteiger charge is -2.30. The third-order valence-electron chi connectivity index (χ3n) is 5.23. The van der Waals surface area contributed by atoms with E-state index < -0.39 is 0 Å². The number of piperidine rings is 1. The summed E-state index contributed by atoms with van der Waals surface area (Å²) in [5.41, 5.74) is 1.95. The maximum atomic E-state index is 13.0. The van der Waals surface area contributed by atoms with E-state index in [2.05, 4.69) is 20.6 Å². The van der Waals surface area contributed by atoms with E-state index in [4.69, 9.17) is 4.42 Å². The molecule has 0 saturated carbocycles. The van der Waals surface area contributed by atoms with Gasteiger partial charge in [-0.05, 0) is 62.7 Å². The highest BCUT2D eigenvalue weighted by Gasteiger charge is 2.25. The molecule has 0 unspecified atom stereocenters. The SMILES string of the molecule is Cc1ccc(-c2nc(CN3CCC(C(=O)NCc4ccc(F)cc4)CC3)cs2)o1. The summed E-state index contributed by atoms with van der Waals surface area (Å²) in [6.45, 7) is 4.91. The number of amides is 1. The van der Waals surface area contributed by atoms with Crippen molar-refractivity contribution in [1.29, 1.82) is 0 Å². The van der Waals surface area contributed by atoms with Crippen molar-refractivity contribution >= 4 is 17.2 Å². The van der Waals surface area contributed by atoms with Crippen LogP contribution in [0.15, 0.2) is 46.2 Å². The molecule has 0 aliphatic carbocycles. The summed E-state index contributed by atoms with van der Waals surface area (Å²) >= 11 is 1.60. The molecule has 1 saturated heterocycles. The first-order chi connectivity index (χ1) is 14.1. The van der Waals surface area contributed by atoms with E-state index in [0.29, 0.717) is 6.54 Å². The number of likely N-dealkylation sites (tertiary alicyclic amines) is 1. The monoisotopic (exact) mass is 413 g/mol. The number of aryl methyl sites for hydroxylation is 1. The van der Waals surface area contributed by atoms with Crippen LogP contribution in [-0.2, 0) is 17.9 Å². The second-order valence-corrected chi connectivity index (χ2v) is 8.31. The van der Waals surface area contributed by atoms with Crippen molar-refractivity contribution in [2.75, 3.05) is 13.1 Å². The van der Waals surface area contributed by atoms with Crippen LogP contribution in [0.25, 0.3) is 10.8 Å². The molecule has 29 heavy (non-hydrogen) atoms. The van der Waals surface area contributed by atoms with Crippen molar-refractivity contribution < 1.29 is 13.6 Å². The Balaban J connectivity index is 1.23. The molecule has 152 valence electrons. The van der Waals surface area contributed by atoms with Crippen LogP contribution in [0.3, 0.4) is 0 Å². The summed E-state index contributed by atoms with van der Waals surface area (Å²) in [7, 11) is 0. The topological polar surface area (TPSA) is 58.4 Å². The lowest BCUT2D eigenvalue weighted by atomic mass is 9.95. The van der Waals surface area contributed by atoms with Gasteiger partial charge in [0.1, 0.15) is 11.6 Å². The van der Waals surface area contributed by atoms with Crippen LogP contribution in [0.1, 0.15) is 29.9 Å². The van der Waals surface area contributed by atoms with E-state index in [1.165, 1.54) is 12.1 Å². The molecule has 1 N–H and O–H groups in total. The van der Waals surface area contributed by atoms with Gasteiger partial charge in [0.15, 0.2) is 10.8 Å². The number of nitrogens with one attached hydrogen (secondary N) is 1. The van der Waals surface area contributed by atoms with Crippen molar-refractivity contribution in [1.82, 2.24) is 15.2 Å². The number of aromatic nitrogens is 1. The molecule has 1 aliphatic rings. The van der Waals surface area contributed by atoms with E-state index in [1.807, 2.05) is 19.1 Å². The largest absolute Gasteiger partial charge is 0.459 e. The second-order valence-electron chi connectivity index (χ2n) is 7.45. The molecule has 0 atom stereocenters. The van der Waals surface area contributed by atoms with Gasteiger partial charge in [0, 0.05) is 24.4 Å². The van der Waals surface area contributed by atoms with Crippen molar-refractivity contribution in [3.8, 4) is 10.8 Å². The molecular formula is C22H24FN3O2S. The van der Waals surface area contributed by atoms with E-state index >= 15 is 0 Å². The highest BCUT2D eigenvalue weighted by atomic mass is 32.1. The van der Waals surface area contributed by atoms with Gasteiger partial charge < -0.3 is 9.73 Å². The Labute approximate surface area is 173 Å². The van der Waals surface area contributed by atoms with Gasteiger partial charge in [-0.1, -0.05) is 12.1 Å². The average molecular weight is 414 g/mol. The van der Waals surface area contributed by atoms with Gasteiger partial charge in [0.05, 0.1) is 5.69 Å². The van der Waals surface area contributed by atoms with Crippen LogP contribution in [0.2, 0.25) is 0 Å². The number of hydrogen-bond acceptors (Lipinski definition) is 5. The van der Waals surface area contributed by atoms with E-state index in [9.17, 15) is 9.18 Å². The first-order valence-electron chi connectivity index (χ1n) is 9.82. The first-order valence-corrected chi connectivity index (χ1v) is 10.7. The standard InChI is InChI=1S/C22H24FN3O2S/c1-15-2-7-20(28-15)22-25-19(14-29-22)13-26-10-8-17(9-11-26)21(27)24-12-16-3-5-18(23)6-4-16/h2-7,14,17H,8-13H2,1H3,(H,24,27). The smallest absolute Gasteiger partial charge is 0.223 e. The molecule has 0 bridgehead atoms. The molecule has 0 spiro atoms. The third-order valence-corrected chi connectivity index (χ3v) is 6.13. The predicted octanol–water partition coefficient (Wildman–Crippen LogP) is 4.38. The molecule has 0 radical (unpaired) electrons. The van der Waals surface area contributed by atoms with Gasteiger partial charge in [0.2, 0.25) is 5.91 Å². The molecule has 1 fully saturated rings. The van der Waals surface area contributed by atoms with Crippen LogP contribution in [0.4, 0.5) is 4.39 Å². The van der Waals surface area contributed by atoms with E-state index in [0.717, 1.165) is 60.3 Å². The van der Waals surface area contributed by atoms with Gasteiger partial charge in [-0.2, -0.15) is 0 Å². The van der Waals surface area contributed by atoms with Crippen LogP contribution < -0.4 is 5.32 Å². The summed E-state index contributed by atoms with van der Waals surface area (Å²) in [4.78, 5) is 19.5. The van der Waals surface area contributed by atoms with Crippen molar-refractivity contribution in [3.05, 3.63) is 64.6 Å². The van der Waals surface area contributed by atoms with Gasteiger partial charge in [-0.25, -0.2) is 9.37 Å². The van der Waals surface area contributed by atoms with Crippen LogP contribution >= 0.6 is 11.3 Å². The minimum absolute atomic E-state index is 0.0313. The van der Waals surface area contributed by atoms with Crippen LogP contribution in [0, 0.1) is 18.7 Å². The second kappa shape index (κ2) is 8.88. The number of nitrogens with zero attached hydrogens (tertiary/aromatic N) is 2. The summed E-state index contributed by atoms with van der Waals surface area (Å²) < 4.78 is 18.6. The quantitative estimate of drug-likeness (QED) is 0.652. The minimum atomic E-state index is -0.265. The summed E-state index contributed by atoms with van der Waals surface area (Å²) in [6.07, 6.45) is 1.67. The highest BCUT2D eigenvalue weighted by Crippen LogP contribution is 2.27. The molecule has 4 rings (SSSR count). The molecule has 2 aromatic heterocycles. The molecule has 1 amide bonds. The third kappa shape index (κ3) is 5.10. The van der Waals surface area contributed by atoms with E-state index in [-0.39, 0.29) is 17.6 Å². The number of rotatable bonds is 6. The zero-order valence-corrected chi connectivity index (χ0v) is 17.2. The van der Waals surface area contributed by atoms with Crippen molar-refractivity contribution in [2.24, 2.45) is 5.92 Å². The Kier molecular flexibility index (Phi) is 6.06. The van der Waals surface area contributed by atoms with Gasteiger partial charge in [0.25, 0.3) is 0 Å². The lowest BCUT2D eigenvalue weighted by Crippen LogP contribution is -2.40. The lowest BCUT2D eigenvalue weighted by molar-refractivity contribution is -0.126. The van der Waals surface area contributed by atoms with Gasteiger partial charge in [-0.3, -0.25) is 9.69 Å². The number of halogens is 1. The molecular weight excluding hydrogens is 389 g/mol. The fourth-order valence-electron chi connectivity index (χ4n) is 3.56. The zero-order valence-electron chi connectivity index (χ0n) is 16.4. The number of benzene rings is 1. The van der Waals surface area contributed by atoms with Gasteiger partial charge in [-0.15, -0.1) is 11.3 Å². The van der Waals surface area contributed by atoms with Crippen molar-refractivity contribution in [3.63, 3.8) is 0 Å². The number of carbonyl (C=O) groups excluding carboxylic acids is 1. The molecule has 3 heterocycles. The summed E-state index contributed by atoms with van der Waals surface area (Å²) in [5, 5.41) is 5.96. The number of furan rings is 1. The Bertz CT molecular complexity index is 959. The number of hydrogen-bond donors (Lipinski definition) is 1. The highest BCUT2D eigenvalue weighted by molar-refractivity contribution is 7.13. The molecule has 1 aliphatic heterocycles. The van der Waals surface area contributed by atoms with E-state index in [1.54, 1.807) is 23.5 Å². The first kappa shape index (κ1) is 19.8. The fraction of sp³-hybridized carbons (Fsp3) is 0.364. The fourth-order valence-corrected chi connectivity index (χ4v) is 4.33. The van der Waals surface area contributed by atoms with Crippen LogP contribution in [-0.4, -0.2) is 28.9 Å². The van der Waals surface area contributed by atoms with Gasteiger partial charge >= 0.3 is 0 Å². The predicted molar refractivity (Wildman–Crippen MR) is 111 cm³/mol. The average Bonchev–Trinajstić information content (AvgIpc) is 3.37. The number of thiazole rings is 1. The van der Waals surface area contributed by atoms with Crippen molar-refractivity contribution in [2.45, 2.75) is 32.9 Å². The maximum absolute atomic E-state index is 13.0. The maximum Gasteiger partial charge on any atom is 0.223 e. The zero-order chi connectivity index (χ0) is 20.2. The molecule has 7 heteroatoms. The normalized spacial score (nSPS) is 15.5. The minimum Gasteiger partial charge on any atom is -0.459 e. The molecule has 5 nitrogen and oxygen atoms in total. The Hall–Kier alpha value is -2.51.